The fraction of sp³-hybridized carbons (Fsp3) is 0.0714. The molecule has 0 unspecified atom stereocenters. The molecule has 0 aliphatic rings. The van der Waals surface area contributed by atoms with Crippen LogP contribution < -0.4 is 4.74 Å². The maximum absolute atomic E-state index is 12.8. The van der Waals surface area contributed by atoms with Gasteiger partial charge in [0.15, 0.2) is 0 Å². The number of nitrogens with zero attached hydrogens (tertiary/aromatic N) is 3. The van der Waals surface area contributed by atoms with Crippen molar-refractivity contribution in [3.8, 4) is 5.75 Å². The number of thiocarbonyl (C=S) groups is 1. The van der Waals surface area contributed by atoms with Crippen LogP contribution in [0.15, 0.2) is 53.6 Å². The molecule has 0 amide bonds. The molecule has 0 saturated heterocycles. The Labute approximate surface area is 130 Å². The molecular formula is C14H10FN3OS2. The summed E-state index contributed by atoms with van der Waals surface area (Å²) in [6.07, 6.45) is 0. The van der Waals surface area contributed by atoms with E-state index in [0.717, 1.165) is 5.56 Å². The van der Waals surface area contributed by atoms with Crippen LogP contribution in [0.3, 0.4) is 0 Å². The van der Waals surface area contributed by atoms with Crippen LogP contribution in [0.4, 0.5) is 10.1 Å². The highest BCUT2D eigenvalue weighted by Gasteiger charge is 2.03. The first kappa shape index (κ1) is 15.3. The highest BCUT2D eigenvalue weighted by Crippen LogP contribution is 2.20. The summed E-state index contributed by atoms with van der Waals surface area (Å²) in [6, 6.07) is 12.9. The summed E-state index contributed by atoms with van der Waals surface area (Å²) in [6.45, 7) is 0. The Morgan fingerprint density at radius 2 is 1.86 bits per heavy atom. The van der Waals surface area contributed by atoms with Crippen molar-refractivity contribution in [3.05, 3.63) is 70.4 Å². The van der Waals surface area contributed by atoms with Crippen molar-refractivity contribution < 1.29 is 9.13 Å². The van der Waals surface area contributed by atoms with Crippen LogP contribution in [-0.2, 0) is 5.75 Å². The van der Waals surface area contributed by atoms with Crippen LogP contribution in [-0.4, -0.2) is 4.38 Å². The van der Waals surface area contributed by atoms with E-state index in [-0.39, 0.29) is 5.82 Å². The molecule has 0 aromatic heterocycles. The van der Waals surface area contributed by atoms with Crippen LogP contribution in [0.25, 0.3) is 10.4 Å². The highest BCUT2D eigenvalue weighted by molar-refractivity contribution is 8.22. The Bertz CT molecular complexity index is 668. The molecule has 4 nitrogen and oxygen atoms in total. The maximum atomic E-state index is 12.8. The van der Waals surface area contributed by atoms with Crippen molar-refractivity contribution in [2.45, 2.75) is 5.75 Å². The Morgan fingerprint density at radius 1 is 1.19 bits per heavy atom. The molecule has 0 heterocycles. The van der Waals surface area contributed by atoms with Crippen molar-refractivity contribution in [1.82, 2.24) is 0 Å². The molecule has 0 bridgehead atoms. The van der Waals surface area contributed by atoms with Gasteiger partial charge in [-0.2, -0.15) is 0 Å². The summed E-state index contributed by atoms with van der Waals surface area (Å²) in [7, 11) is 0. The lowest BCUT2D eigenvalue weighted by Crippen LogP contribution is -2.00. The van der Waals surface area contributed by atoms with Gasteiger partial charge in [-0.15, -0.1) is 0 Å². The largest absolute Gasteiger partial charge is 0.440 e. The minimum atomic E-state index is -0.318. The molecule has 2 aromatic rings. The summed E-state index contributed by atoms with van der Waals surface area (Å²) in [5, 5.41) is 3.50. The van der Waals surface area contributed by atoms with Gasteiger partial charge in [-0.05, 0) is 47.6 Å². The van der Waals surface area contributed by atoms with Gasteiger partial charge in [0.2, 0.25) is 4.38 Å². The highest BCUT2D eigenvalue weighted by atomic mass is 32.2. The van der Waals surface area contributed by atoms with Crippen LogP contribution >= 0.6 is 24.0 Å². The van der Waals surface area contributed by atoms with Crippen LogP contribution in [0.5, 0.6) is 5.75 Å². The number of hydrogen-bond donors (Lipinski definition) is 0. The quantitative estimate of drug-likeness (QED) is 0.330. The molecule has 0 aliphatic carbocycles. The molecule has 0 fully saturated rings. The molecule has 0 saturated carbocycles. The van der Waals surface area contributed by atoms with E-state index in [1.807, 2.05) is 12.1 Å². The number of benzene rings is 2. The number of hydrogen-bond acceptors (Lipinski definition) is 4. The molecule has 7 heteroatoms. The van der Waals surface area contributed by atoms with Gasteiger partial charge < -0.3 is 4.74 Å². The van der Waals surface area contributed by atoms with E-state index in [1.165, 1.54) is 36.0 Å². The summed E-state index contributed by atoms with van der Waals surface area (Å²) in [5.74, 6) is 0.824. The Kier molecular flexibility index (Phi) is 5.57. The second-order valence-electron chi connectivity index (χ2n) is 3.95. The average molecular weight is 319 g/mol. The normalized spacial score (nSPS) is 9.76. The van der Waals surface area contributed by atoms with Crippen molar-refractivity contribution in [1.29, 1.82) is 0 Å². The summed E-state index contributed by atoms with van der Waals surface area (Å²) >= 11 is 6.48. The molecule has 2 aromatic carbocycles. The summed E-state index contributed by atoms with van der Waals surface area (Å²) in [5.41, 5.74) is 9.92. The topological polar surface area (TPSA) is 58.0 Å². The molecule has 0 aliphatic heterocycles. The zero-order valence-electron chi connectivity index (χ0n) is 10.8. The fourth-order valence-corrected chi connectivity index (χ4v) is 2.39. The van der Waals surface area contributed by atoms with E-state index < -0.39 is 0 Å². The average Bonchev–Trinajstić information content (AvgIpc) is 2.49. The van der Waals surface area contributed by atoms with Gasteiger partial charge in [0.25, 0.3) is 0 Å². The van der Waals surface area contributed by atoms with Crippen LogP contribution in [0, 0.1) is 5.82 Å². The number of ether oxygens (including phenoxy) is 1. The van der Waals surface area contributed by atoms with E-state index in [4.69, 9.17) is 22.5 Å². The zero-order chi connectivity index (χ0) is 15.1. The van der Waals surface area contributed by atoms with Gasteiger partial charge in [-0.1, -0.05) is 41.1 Å². The molecule has 106 valence electrons. The minimum Gasteiger partial charge on any atom is -0.440 e. The van der Waals surface area contributed by atoms with Crippen molar-refractivity contribution >= 4 is 34.0 Å². The lowest BCUT2D eigenvalue weighted by molar-refractivity contribution is 0.571. The predicted molar refractivity (Wildman–Crippen MR) is 86.2 cm³/mol. The first-order chi connectivity index (χ1) is 10.2. The van der Waals surface area contributed by atoms with Crippen molar-refractivity contribution in [3.63, 3.8) is 0 Å². The smallest absolute Gasteiger partial charge is 0.226 e. The van der Waals surface area contributed by atoms with Crippen molar-refractivity contribution in [2.75, 3.05) is 0 Å². The SMILES string of the molecule is [N-]=[N+]=Nc1ccc(CSC(=S)Oc2ccc(F)cc2)cc1. The standard InChI is InChI=1S/C14H10FN3OS2/c15-11-3-7-13(8-4-11)19-14(20)21-9-10-1-5-12(6-2-10)17-18-16/h1-8H,9H2. The molecule has 2 rings (SSSR count). The van der Waals surface area contributed by atoms with Crippen molar-refractivity contribution in [2.24, 2.45) is 5.11 Å². The summed E-state index contributed by atoms with van der Waals surface area (Å²) in [4.78, 5) is 2.72. The van der Waals surface area contributed by atoms with Crippen LogP contribution in [0.2, 0.25) is 0 Å². The third-order valence-corrected chi connectivity index (χ3v) is 3.70. The Hall–Kier alpha value is -2.08. The molecule has 0 radical (unpaired) electrons. The lowest BCUT2D eigenvalue weighted by Gasteiger charge is -2.06. The number of thioether (sulfide) groups is 1. The van der Waals surface area contributed by atoms with Gasteiger partial charge in [0, 0.05) is 16.4 Å². The minimum absolute atomic E-state index is 0.318. The molecular weight excluding hydrogens is 309 g/mol. The molecule has 21 heavy (non-hydrogen) atoms. The zero-order valence-corrected chi connectivity index (χ0v) is 12.4. The maximum Gasteiger partial charge on any atom is 0.226 e. The Balaban J connectivity index is 1.86. The number of azide groups is 1. The van der Waals surface area contributed by atoms with E-state index >= 15 is 0 Å². The number of halogens is 1. The molecule has 0 atom stereocenters. The second kappa shape index (κ2) is 7.64. The molecule has 0 N–H and O–H groups in total. The first-order valence-electron chi connectivity index (χ1n) is 5.91. The van der Waals surface area contributed by atoms with Gasteiger partial charge in [0.05, 0.1) is 0 Å². The van der Waals surface area contributed by atoms with Crippen LogP contribution in [0.1, 0.15) is 5.56 Å². The monoisotopic (exact) mass is 319 g/mol. The van der Waals surface area contributed by atoms with E-state index in [9.17, 15) is 4.39 Å². The van der Waals surface area contributed by atoms with E-state index in [1.54, 1.807) is 12.1 Å². The predicted octanol–water partition coefficient (Wildman–Crippen LogP) is 5.36. The van der Waals surface area contributed by atoms with Gasteiger partial charge in [-0.3, -0.25) is 0 Å². The third-order valence-electron chi connectivity index (χ3n) is 2.47. The first-order valence-corrected chi connectivity index (χ1v) is 7.31. The molecule has 0 spiro atoms. The third kappa shape index (κ3) is 5.07. The van der Waals surface area contributed by atoms with Gasteiger partial charge in [0.1, 0.15) is 11.6 Å². The number of rotatable bonds is 4. The van der Waals surface area contributed by atoms with E-state index in [2.05, 4.69) is 10.0 Å². The Morgan fingerprint density at radius 3 is 2.48 bits per heavy atom. The van der Waals surface area contributed by atoms with Gasteiger partial charge in [-0.25, -0.2) is 4.39 Å². The summed E-state index contributed by atoms with van der Waals surface area (Å²) < 4.78 is 18.5. The lowest BCUT2D eigenvalue weighted by atomic mass is 10.2. The second-order valence-corrected chi connectivity index (χ2v) is 5.53. The van der Waals surface area contributed by atoms with Gasteiger partial charge >= 0.3 is 0 Å². The fourth-order valence-electron chi connectivity index (χ4n) is 1.48. The van der Waals surface area contributed by atoms with E-state index in [0.29, 0.717) is 21.6 Å².